The first-order valence-corrected chi connectivity index (χ1v) is 5.86. The molecule has 0 amide bonds. The molecule has 15 heavy (non-hydrogen) atoms. The molecule has 4 N–H and O–H groups in total. The standard InChI is InChI=1S/C11H20N2O2/c12-2-1-10-8-3-7(11(14)15)4-9(10)6-13-5-8/h7-10,13H,1-6,12H2,(H,14,15). The molecule has 2 aliphatic rings. The van der Waals surface area contributed by atoms with Crippen LogP contribution in [0.25, 0.3) is 0 Å². The van der Waals surface area contributed by atoms with Crippen LogP contribution in [0.4, 0.5) is 0 Å². The van der Waals surface area contributed by atoms with Crippen molar-refractivity contribution in [3.63, 3.8) is 0 Å². The summed E-state index contributed by atoms with van der Waals surface area (Å²) in [5.41, 5.74) is 5.62. The zero-order valence-electron chi connectivity index (χ0n) is 8.98. The Labute approximate surface area is 90.2 Å². The molecule has 0 aromatic rings. The van der Waals surface area contributed by atoms with Gasteiger partial charge in [0.25, 0.3) is 0 Å². The highest BCUT2D eigenvalue weighted by Gasteiger charge is 2.41. The van der Waals surface area contributed by atoms with E-state index in [0.29, 0.717) is 17.8 Å². The van der Waals surface area contributed by atoms with Crippen molar-refractivity contribution in [3.05, 3.63) is 0 Å². The Morgan fingerprint density at radius 3 is 2.40 bits per heavy atom. The first-order chi connectivity index (χ1) is 7.22. The molecule has 1 saturated heterocycles. The lowest BCUT2D eigenvalue weighted by Crippen LogP contribution is -2.49. The van der Waals surface area contributed by atoms with E-state index in [1.807, 2.05) is 0 Å². The van der Waals surface area contributed by atoms with E-state index in [-0.39, 0.29) is 5.92 Å². The number of fused-ring (bicyclic) bond motifs is 2. The number of carboxylic acid groups (broad SMARTS) is 1. The number of nitrogens with two attached hydrogens (primary N) is 1. The normalized spacial score (nSPS) is 40.1. The number of carbonyl (C=O) groups is 1. The number of hydrogen-bond donors (Lipinski definition) is 3. The first kappa shape index (κ1) is 10.9. The van der Waals surface area contributed by atoms with Gasteiger partial charge in [-0.1, -0.05) is 0 Å². The highest BCUT2D eigenvalue weighted by atomic mass is 16.4. The van der Waals surface area contributed by atoms with Crippen molar-refractivity contribution in [1.82, 2.24) is 5.32 Å². The molecular weight excluding hydrogens is 192 g/mol. The topological polar surface area (TPSA) is 75.3 Å². The third kappa shape index (κ3) is 2.16. The molecule has 2 fully saturated rings. The van der Waals surface area contributed by atoms with Crippen LogP contribution in [0.5, 0.6) is 0 Å². The van der Waals surface area contributed by atoms with E-state index in [4.69, 9.17) is 10.8 Å². The maximum Gasteiger partial charge on any atom is 0.306 e. The quantitative estimate of drug-likeness (QED) is 0.628. The highest BCUT2D eigenvalue weighted by Crippen LogP contribution is 2.41. The molecule has 0 aromatic carbocycles. The summed E-state index contributed by atoms with van der Waals surface area (Å²) >= 11 is 0. The molecule has 2 bridgehead atoms. The summed E-state index contributed by atoms with van der Waals surface area (Å²) < 4.78 is 0. The second kappa shape index (κ2) is 4.49. The van der Waals surface area contributed by atoms with Gasteiger partial charge < -0.3 is 16.2 Å². The Kier molecular flexibility index (Phi) is 3.26. The largest absolute Gasteiger partial charge is 0.481 e. The van der Waals surface area contributed by atoms with Crippen LogP contribution in [0.2, 0.25) is 0 Å². The van der Waals surface area contributed by atoms with Crippen molar-refractivity contribution in [2.24, 2.45) is 29.4 Å². The molecule has 0 spiro atoms. The molecule has 0 radical (unpaired) electrons. The summed E-state index contributed by atoms with van der Waals surface area (Å²) in [7, 11) is 0. The lowest BCUT2D eigenvalue weighted by Gasteiger charge is -2.45. The summed E-state index contributed by atoms with van der Waals surface area (Å²) in [6.45, 7) is 2.69. The molecule has 1 saturated carbocycles. The van der Waals surface area contributed by atoms with Gasteiger partial charge in [-0.05, 0) is 56.7 Å². The minimum absolute atomic E-state index is 0.115. The fourth-order valence-corrected chi connectivity index (χ4v) is 3.35. The van der Waals surface area contributed by atoms with Gasteiger partial charge >= 0.3 is 5.97 Å². The summed E-state index contributed by atoms with van der Waals surface area (Å²) in [4.78, 5) is 11.0. The van der Waals surface area contributed by atoms with Crippen LogP contribution in [0.1, 0.15) is 19.3 Å². The maximum atomic E-state index is 11.0. The lowest BCUT2D eigenvalue weighted by molar-refractivity contribution is -0.145. The molecule has 1 heterocycles. The van der Waals surface area contributed by atoms with Crippen molar-refractivity contribution in [2.45, 2.75) is 19.3 Å². The van der Waals surface area contributed by atoms with Crippen LogP contribution in [0.15, 0.2) is 0 Å². The fraction of sp³-hybridized carbons (Fsp3) is 0.909. The van der Waals surface area contributed by atoms with Crippen molar-refractivity contribution in [1.29, 1.82) is 0 Å². The van der Waals surface area contributed by atoms with E-state index in [2.05, 4.69) is 5.32 Å². The molecule has 4 heteroatoms. The van der Waals surface area contributed by atoms with Crippen LogP contribution < -0.4 is 11.1 Å². The van der Waals surface area contributed by atoms with E-state index in [9.17, 15) is 4.79 Å². The maximum absolute atomic E-state index is 11.0. The Hall–Kier alpha value is -0.610. The van der Waals surface area contributed by atoms with Gasteiger partial charge in [0.1, 0.15) is 0 Å². The van der Waals surface area contributed by atoms with Gasteiger partial charge in [-0.25, -0.2) is 0 Å². The van der Waals surface area contributed by atoms with E-state index in [1.165, 1.54) is 0 Å². The van der Waals surface area contributed by atoms with Crippen LogP contribution >= 0.6 is 0 Å². The summed E-state index contributed by atoms with van der Waals surface area (Å²) in [5.74, 6) is 0.991. The minimum Gasteiger partial charge on any atom is -0.481 e. The van der Waals surface area contributed by atoms with Crippen LogP contribution in [-0.4, -0.2) is 30.7 Å². The Morgan fingerprint density at radius 2 is 1.93 bits per heavy atom. The fourth-order valence-electron chi connectivity index (χ4n) is 3.35. The molecule has 2 atom stereocenters. The smallest absolute Gasteiger partial charge is 0.306 e. The second-order valence-electron chi connectivity index (χ2n) is 4.93. The second-order valence-corrected chi connectivity index (χ2v) is 4.93. The number of piperidine rings is 1. The van der Waals surface area contributed by atoms with Crippen molar-refractivity contribution < 1.29 is 9.90 Å². The van der Waals surface area contributed by atoms with Gasteiger partial charge in [0.15, 0.2) is 0 Å². The number of aliphatic carboxylic acids is 1. The average Bonchev–Trinajstić information content (AvgIpc) is 2.17. The van der Waals surface area contributed by atoms with Crippen LogP contribution in [0.3, 0.4) is 0 Å². The summed E-state index contributed by atoms with van der Waals surface area (Å²) in [6.07, 6.45) is 2.73. The number of nitrogens with one attached hydrogen (secondary N) is 1. The monoisotopic (exact) mass is 212 g/mol. The molecule has 4 nitrogen and oxygen atoms in total. The van der Waals surface area contributed by atoms with Crippen molar-refractivity contribution >= 4 is 5.97 Å². The number of rotatable bonds is 3. The molecule has 86 valence electrons. The molecule has 0 aromatic heterocycles. The minimum atomic E-state index is -0.613. The van der Waals surface area contributed by atoms with E-state index < -0.39 is 5.97 Å². The SMILES string of the molecule is NCCC1C2CNCC1CC(C(=O)O)C2. The van der Waals surface area contributed by atoms with E-state index >= 15 is 0 Å². The molecule has 2 unspecified atom stereocenters. The van der Waals surface area contributed by atoms with Crippen LogP contribution in [-0.2, 0) is 4.79 Å². The third-order valence-corrected chi connectivity index (χ3v) is 4.05. The lowest BCUT2D eigenvalue weighted by atomic mass is 9.64. The molecular formula is C11H20N2O2. The predicted molar refractivity (Wildman–Crippen MR) is 57.4 cm³/mol. The van der Waals surface area contributed by atoms with E-state index in [1.54, 1.807) is 0 Å². The highest BCUT2D eigenvalue weighted by molar-refractivity contribution is 5.70. The van der Waals surface area contributed by atoms with Gasteiger partial charge in [-0.2, -0.15) is 0 Å². The van der Waals surface area contributed by atoms with Gasteiger partial charge in [-0.15, -0.1) is 0 Å². The van der Waals surface area contributed by atoms with Crippen LogP contribution in [0, 0.1) is 23.7 Å². The van der Waals surface area contributed by atoms with E-state index in [0.717, 1.165) is 38.9 Å². The zero-order valence-corrected chi connectivity index (χ0v) is 8.98. The molecule has 1 aliphatic heterocycles. The predicted octanol–water partition coefficient (Wildman–Crippen LogP) is 0.282. The Morgan fingerprint density at radius 1 is 1.33 bits per heavy atom. The van der Waals surface area contributed by atoms with Gasteiger partial charge in [0, 0.05) is 0 Å². The van der Waals surface area contributed by atoms with Gasteiger partial charge in [0.2, 0.25) is 0 Å². The number of hydrogen-bond acceptors (Lipinski definition) is 3. The molecule has 2 rings (SSSR count). The zero-order chi connectivity index (χ0) is 10.8. The average molecular weight is 212 g/mol. The molecule has 1 aliphatic carbocycles. The third-order valence-electron chi connectivity index (χ3n) is 4.05. The summed E-state index contributed by atoms with van der Waals surface area (Å²) in [5, 5.41) is 12.5. The van der Waals surface area contributed by atoms with Gasteiger partial charge in [-0.3, -0.25) is 4.79 Å². The number of carboxylic acids is 1. The summed E-state index contributed by atoms with van der Waals surface area (Å²) in [6, 6.07) is 0. The van der Waals surface area contributed by atoms with Gasteiger partial charge in [0.05, 0.1) is 5.92 Å². The van der Waals surface area contributed by atoms with Crippen molar-refractivity contribution in [2.75, 3.05) is 19.6 Å². The van der Waals surface area contributed by atoms with Crippen molar-refractivity contribution in [3.8, 4) is 0 Å². The first-order valence-electron chi connectivity index (χ1n) is 5.86. The Balaban J connectivity index is 2.04. The Bertz CT molecular complexity index is 231.